The molecule has 3 amide bonds. The predicted octanol–water partition coefficient (Wildman–Crippen LogP) is 3.96. The highest BCUT2D eigenvalue weighted by Gasteiger charge is 2.47. The van der Waals surface area contributed by atoms with Crippen molar-refractivity contribution in [2.75, 3.05) is 23.4 Å². The highest BCUT2D eigenvalue weighted by Crippen LogP contribution is 2.33. The zero-order chi connectivity index (χ0) is 29.4. The second kappa shape index (κ2) is 11.1. The average molecular weight is 589 g/mol. The average Bonchev–Trinajstić information content (AvgIpc) is 3.71. The molecule has 216 valence electrons. The van der Waals surface area contributed by atoms with Gasteiger partial charge in [0.1, 0.15) is 11.6 Å². The zero-order valence-corrected chi connectivity index (χ0v) is 23.5. The fraction of sp³-hybridized carbons (Fsp3) is 0.267. The smallest absolute Gasteiger partial charge is 0.252 e. The minimum atomic E-state index is -4.21. The van der Waals surface area contributed by atoms with Gasteiger partial charge in [-0.25, -0.2) is 18.3 Å². The fourth-order valence-corrected chi connectivity index (χ4v) is 6.90. The summed E-state index contributed by atoms with van der Waals surface area (Å²) < 4.78 is 40.4. The number of rotatable bonds is 8. The van der Waals surface area contributed by atoms with Gasteiger partial charge >= 0.3 is 0 Å². The van der Waals surface area contributed by atoms with E-state index in [1.165, 1.54) is 31.2 Å². The van der Waals surface area contributed by atoms with Crippen LogP contribution in [0.5, 0.6) is 0 Å². The van der Waals surface area contributed by atoms with E-state index in [0.717, 1.165) is 15.6 Å². The Kier molecular flexibility index (Phi) is 7.35. The Morgan fingerprint density at radius 2 is 1.79 bits per heavy atom. The molecule has 4 aromatic rings. The standard InChI is InChI=1S/C30H28N4O7S/c1-19(35)31-21-10-14-24(15-11-21)42(38,39)33(18-23-5-4-16-40-23)26-17-28(36)34(30(26)37)22-12-8-20(9-13-22)29-32-25-6-2-3-7-27(25)41-29/h2-3,6-15,23,26H,4-5,16-18H2,1H3,(H,31,35). The van der Waals surface area contributed by atoms with Gasteiger partial charge in [-0.2, -0.15) is 4.31 Å². The molecule has 1 aromatic heterocycles. The van der Waals surface area contributed by atoms with Gasteiger partial charge in [-0.3, -0.25) is 14.4 Å². The van der Waals surface area contributed by atoms with E-state index >= 15 is 0 Å². The number of aromatic nitrogens is 1. The number of fused-ring (bicyclic) bond motifs is 1. The van der Waals surface area contributed by atoms with Crippen LogP contribution in [0.4, 0.5) is 11.4 Å². The molecule has 2 unspecified atom stereocenters. The Labute approximate surface area is 242 Å². The molecule has 0 aliphatic carbocycles. The molecule has 0 saturated carbocycles. The molecule has 1 N–H and O–H groups in total. The minimum Gasteiger partial charge on any atom is -0.436 e. The van der Waals surface area contributed by atoms with Crippen LogP contribution in [-0.2, 0) is 29.1 Å². The first-order valence-corrected chi connectivity index (χ1v) is 15.0. The van der Waals surface area contributed by atoms with E-state index in [1.807, 2.05) is 24.3 Å². The minimum absolute atomic E-state index is 0.0593. The third-order valence-corrected chi connectivity index (χ3v) is 9.21. The summed E-state index contributed by atoms with van der Waals surface area (Å²) in [7, 11) is -4.21. The van der Waals surface area contributed by atoms with Crippen molar-refractivity contribution in [3.05, 3.63) is 72.8 Å². The highest BCUT2D eigenvalue weighted by molar-refractivity contribution is 7.89. The number of ether oxygens (including phenoxy) is 1. The fourth-order valence-electron chi connectivity index (χ4n) is 5.29. The summed E-state index contributed by atoms with van der Waals surface area (Å²) in [5.74, 6) is -1.03. The number of nitrogens with one attached hydrogen (secondary N) is 1. The van der Waals surface area contributed by atoms with E-state index in [0.29, 0.717) is 47.0 Å². The second-order valence-electron chi connectivity index (χ2n) is 10.2. The van der Waals surface area contributed by atoms with E-state index in [9.17, 15) is 22.8 Å². The van der Waals surface area contributed by atoms with Crippen LogP contribution in [0.1, 0.15) is 26.2 Å². The van der Waals surface area contributed by atoms with Crippen LogP contribution in [0.25, 0.3) is 22.6 Å². The molecular formula is C30H28N4O7S. The maximum absolute atomic E-state index is 13.9. The molecule has 12 heteroatoms. The van der Waals surface area contributed by atoms with Gasteiger partial charge in [0.05, 0.1) is 23.1 Å². The number of oxazole rings is 1. The number of hydrogen-bond donors (Lipinski definition) is 1. The molecule has 2 fully saturated rings. The van der Waals surface area contributed by atoms with Crippen molar-refractivity contribution in [2.45, 2.75) is 43.2 Å². The van der Waals surface area contributed by atoms with Crippen molar-refractivity contribution in [3.8, 4) is 11.5 Å². The lowest BCUT2D eigenvalue weighted by molar-refractivity contribution is -0.122. The Morgan fingerprint density at radius 1 is 1.05 bits per heavy atom. The lowest BCUT2D eigenvalue weighted by atomic mass is 10.2. The summed E-state index contributed by atoms with van der Waals surface area (Å²) in [6.45, 7) is 1.79. The molecule has 0 bridgehead atoms. The molecule has 42 heavy (non-hydrogen) atoms. The molecule has 0 radical (unpaired) electrons. The van der Waals surface area contributed by atoms with Crippen LogP contribution >= 0.6 is 0 Å². The first-order valence-electron chi connectivity index (χ1n) is 13.5. The number of hydrogen-bond acceptors (Lipinski definition) is 8. The Bertz CT molecular complexity index is 1730. The number of imide groups is 1. The van der Waals surface area contributed by atoms with Gasteiger partial charge in [-0.15, -0.1) is 0 Å². The predicted molar refractivity (Wildman–Crippen MR) is 154 cm³/mol. The molecular weight excluding hydrogens is 560 g/mol. The number of carbonyl (C=O) groups is 3. The van der Waals surface area contributed by atoms with Crippen molar-refractivity contribution in [2.24, 2.45) is 0 Å². The summed E-state index contributed by atoms with van der Waals surface area (Å²) in [6, 6.07) is 18.4. The van der Waals surface area contributed by atoms with Gasteiger partial charge in [0.2, 0.25) is 27.7 Å². The second-order valence-corrected chi connectivity index (χ2v) is 12.1. The molecule has 3 aromatic carbocycles. The van der Waals surface area contributed by atoms with Crippen molar-refractivity contribution in [1.82, 2.24) is 9.29 Å². The summed E-state index contributed by atoms with van der Waals surface area (Å²) in [4.78, 5) is 43.8. The van der Waals surface area contributed by atoms with Crippen LogP contribution < -0.4 is 10.2 Å². The Balaban J connectivity index is 1.28. The van der Waals surface area contributed by atoms with E-state index in [4.69, 9.17) is 9.15 Å². The van der Waals surface area contributed by atoms with Crippen molar-refractivity contribution < 1.29 is 32.0 Å². The van der Waals surface area contributed by atoms with E-state index in [2.05, 4.69) is 10.3 Å². The van der Waals surface area contributed by atoms with Crippen LogP contribution in [0.3, 0.4) is 0 Å². The van der Waals surface area contributed by atoms with Crippen LogP contribution in [-0.4, -0.2) is 60.7 Å². The Morgan fingerprint density at radius 3 is 2.45 bits per heavy atom. The molecule has 0 spiro atoms. The van der Waals surface area contributed by atoms with Gasteiger partial charge in [-0.1, -0.05) is 12.1 Å². The largest absolute Gasteiger partial charge is 0.436 e. The highest BCUT2D eigenvalue weighted by atomic mass is 32.2. The van der Waals surface area contributed by atoms with Gasteiger partial charge in [0.15, 0.2) is 5.58 Å². The SMILES string of the molecule is CC(=O)Nc1ccc(S(=O)(=O)N(CC2CCCO2)C2CC(=O)N(c3ccc(-c4nc5ccccc5o4)cc3)C2=O)cc1. The quantitative estimate of drug-likeness (QED) is 0.305. The number of para-hydroxylation sites is 2. The topological polar surface area (TPSA) is 139 Å². The van der Waals surface area contributed by atoms with Crippen LogP contribution in [0.2, 0.25) is 0 Å². The summed E-state index contributed by atoms with van der Waals surface area (Å²) in [6.07, 6.45) is 0.719. The van der Waals surface area contributed by atoms with Gasteiger partial charge in [0, 0.05) is 31.3 Å². The normalized spacial score (nSPS) is 19.2. The number of carbonyl (C=O) groups excluding carboxylic acids is 3. The number of amides is 3. The summed E-state index contributed by atoms with van der Waals surface area (Å²) in [5, 5.41) is 2.60. The molecule has 6 rings (SSSR count). The van der Waals surface area contributed by atoms with E-state index < -0.39 is 34.0 Å². The lowest BCUT2D eigenvalue weighted by Crippen LogP contribution is -2.48. The van der Waals surface area contributed by atoms with Gasteiger partial charge in [0.25, 0.3) is 5.91 Å². The van der Waals surface area contributed by atoms with Crippen LogP contribution in [0, 0.1) is 0 Å². The Hall–Kier alpha value is -4.39. The number of sulfonamides is 1. The summed E-state index contributed by atoms with van der Waals surface area (Å²) >= 11 is 0. The van der Waals surface area contributed by atoms with Gasteiger partial charge in [-0.05, 0) is 73.5 Å². The molecule has 2 atom stereocenters. The molecule has 3 heterocycles. The van der Waals surface area contributed by atoms with Gasteiger partial charge < -0.3 is 14.5 Å². The van der Waals surface area contributed by atoms with E-state index in [1.54, 1.807) is 24.3 Å². The van der Waals surface area contributed by atoms with E-state index in [-0.39, 0.29) is 23.8 Å². The maximum atomic E-state index is 13.9. The van der Waals surface area contributed by atoms with Crippen molar-refractivity contribution >= 4 is 50.2 Å². The molecule has 11 nitrogen and oxygen atoms in total. The lowest BCUT2D eigenvalue weighted by Gasteiger charge is -2.29. The number of anilines is 2. The van der Waals surface area contributed by atoms with Crippen molar-refractivity contribution in [3.63, 3.8) is 0 Å². The van der Waals surface area contributed by atoms with Crippen molar-refractivity contribution in [1.29, 1.82) is 0 Å². The molecule has 2 aliphatic heterocycles. The zero-order valence-electron chi connectivity index (χ0n) is 22.7. The number of nitrogens with zero attached hydrogens (tertiary/aromatic N) is 3. The molecule has 2 aliphatic rings. The third-order valence-electron chi connectivity index (χ3n) is 7.33. The maximum Gasteiger partial charge on any atom is 0.252 e. The van der Waals surface area contributed by atoms with Crippen LogP contribution in [0.15, 0.2) is 82.1 Å². The first kappa shape index (κ1) is 27.8. The molecule has 2 saturated heterocycles. The summed E-state index contributed by atoms with van der Waals surface area (Å²) in [5.41, 5.74) is 2.77. The first-order chi connectivity index (χ1) is 20.2. The monoisotopic (exact) mass is 588 g/mol. The third kappa shape index (κ3) is 5.31. The number of benzene rings is 3.